The van der Waals surface area contributed by atoms with E-state index in [1.165, 1.54) is 18.2 Å². The topological polar surface area (TPSA) is 110 Å². The van der Waals surface area contributed by atoms with Crippen LogP contribution in [0.1, 0.15) is 57.5 Å². The van der Waals surface area contributed by atoms with Gasteiger partial charge in [0.15, 0.2) is 0 Å². The monoisotopic (exact) mass is 675 g/mol. The molecular formula is C31H38BrNO7SSi. The van der Waals surface area contributed by atoms with Crippen LogP contribution in [0.2, 0.25) is 5.04 Å². The molecule has 3 rings (SSSR count). The minimum Gasteiger partial charge on any atom is -0.478 e. The number of ether oxygens (including phenoxy) is 1. The van der Waals surface area contributed by atoms with E-state index in [9.17, 15) is 23.1 Å². The molecule has 8 nitrogen and oxygen atoms in total. The van der Waals surface area contributed by atoms with Gasteiger partial charge in [-0.3, -0.25) is 0 Å². The first-order chi connectivity index (χ1) is 19.5. The van der Waals surface area contributed by atoms with E-state index in [1.807, 2.05) is 60.7 Å². The fraction of sp³-hybridized carbons (Fsp3) is 0.355. The summed E-state index contributed by atoms with van der Waals surface area (Å²) in [5.41, 5.74) is -0.813. The number of halogens is 1. The van der Waals surface area contributed by atoms with Gasteiger partial charge in [0.25, 0.3) is 8.32 Å². The van der Waals surface area contributed by atoms with Gasteiger partial charge >= 0.3 is 12.1 Å². The Hall–Kier alpha value is -2.99. The molecule has 11 heteroatoms. The number of amides is 1. The van der Waals surface area contributed by atoms with Crippen LogP contribution in [0.25, 0.3) is 0 Å². The minimum atomic E-state index is -4.32. The fourth-order valence-corrected chi connectivity index (χ4v) is 11.3. The number of benzene rings is 3. The number of aromatic carboxylic acids is 1. The highest BCUT2D eigenvalue weighted by Crippen LogP contribution is 2.36. The van der Waals surface area contributed by atoms with E-state index in [4.69, 9.17) is 9.16 Å². The Morgan fingerprint density at radius 3 is 1.86 bits per heavy atom. The molecule has 1 amide bonds. The predicted molar refractivity (Wildman–Crippen MR) is 170 cm³/mol. The van der Waals surface area contributed by atoms with Crippen molar-refractivity contribution in [3.05, 3.63) is 94.5 Å². The van der Waals surface area contributed by atoms with Crippen LogP contribution in [0, 0.1) is 0 Å². The smallest absolute Gasteiger partial charge is 0.424 e. The van der Waals surface area contributed by atoms with E-state index in [2.05, 4.69) is 36.7 Å². The standard InChI is InChI=1S/C31H38BrNO7SSi/c1-30(2,3)40-29(36)33(41(37,38)22-24-21-23(28(34)35)17-18-27(24)32)19-20-39-42(31(4,5)6,25-13-9-7-10-14-25)26-15-11-8-12-16-26/h7-18,21H,19-20,22H2,1-6H3,(H,34,35). The third-order valence-electron chi connectivity index (χ3n) is 6.59. The highest BCUT2D eigenvalue weighted by atomic mass is 79.9. The summed E-state index contributed by atoms with van der Waals surface area (Å²) in [6, 6.07) is 23.9. The summed E-state index contributed by atoms with van der Waals surface area (Å²) < 4.78 is 41.0. The third-order valence-corrected chi connectivity index (χ3v) is 14.1. The maximum absolute atomic E-state index is 13.8. The minimum absolute atomic E-state index is 0.0674. The van der Waals surface area contributed by atoms with Crippen LogP contribution in [0.15, 0.2) is 83.3 Å². The summed E-state index contributed by atoms with van der Waals surface area (Å²) in [7, 11) is -7.33. The fourth-order valence-electron chi connectivity index (χ4n) is 4.79. The van der Waals surface area contributed by atoms with Crippen LogP contribution in [-0.2, 0) is 24.9 Å². The summed E-state index contributed by atoms with van der Waals surface area (Å²) >= 11 is 3.31. The number of carboxylic acids is 1. The number of sulfonamides is 1. The Labute approximate surface area is 258 Å². The molecule has 0 spiro atoms. The zero-order valence-electron chi connectivity index (χ0n) is 24.8. The second-order valence-corrected chi connectivity index (χ2v) is 19.0. The van der Waals surface area contributed by atoms with Gasteiger partial charge in [-0.25, -0.2) is 22.3 Å². The largest absolute Gasteiger partial charge is 0.478 e. The van der Waals surface area contributed by atoms with Gasteiger partial charge in [-0.2, -0.15) is 0 Å². The lowest BCUT2D eigenvalue weighted by Gasteiger charge is -2.43. The Balaban J connectivity index is 2.02. The molecule has 0 saturated heterocycles. The zero-order chi connectivity index (χ0) is 31.3. The van der Waals surface area contributed by atoms with Gasteiger partial charge in [0.1, 0.15) is 5.60 Å². The second-order valence-electron chi connectivity index (χ2n) is 11.9. The Morgan fingerprint density at radius 2 is 1.40 bits per heavy atom. The molecule has 0 heterocycles. The van der Waals surface area contributed by atoms with Gasteiger partial charge in [-0.05, 0) is 59.9 Å². The van der Waals surface area contributed by atoms with E-state index in [1.54, 1.807) is 20.8 Å². The SMILES string of the molecule is CC(C)(C)OC(=O)N(CCO[Si](c1ccccc1)(c1ccccc1)C(C)(C)C)S(=O)(=O)Cc1cc(C(=O)O)ccc1Br. The summed E-state index contributed by atoms with van der Waals surface area (Å²) in [5, 5.41) is 11.1. The van der Waals surface area contributed by atoms with Gasteiger partial charge < -0.3 is 14.3 Å². The molecule has 42 heavy (non-hydrogen) atoms. The van der Waals surface area contributed by atoms with E-state index >= 15 is 0 Å². The predicted octanol–water partition coefficient (Wildman–Crippen LogP) is 5.79. The summed E-state index contributed by atoms with van der Waals surface area (Å²) in [6.07, 6.45) is -1.03. The van der Waals surface area contributed by atoms with E-state index in [0.29, 0.717) is 8.78 Å². The van der Waals surface area contributed by atoms with Crippen molar-refractivity contribution >= 4 is 56.7 Å². The number of carbonyl (C=O) groups excluding carboxylic acids is 1. The molecule has 0 bridgehead atoms. The maximum Gasteiger partial charge on any atom is 0.424 e. The molecule has 226 valence electrons. The molecule has 3 aromatic rings. The molecule has 0 aromatic heterocycles. The summed E-state index contributed by atoms with van der Waals surface area (Å²) in [6.45, 7) is 10.9. The lowest BCUT2D eigenvalue weighted by Crippen LogP contribution is -2.67. The summed E-state index contributed by atoms with van der Waals surface area (Å²) in [5.74, 6) is -1.81. The van der Waals surface area contributed by atoms with Crippen molar-refractivity contribution in [2.24, 2.45) is 0 Å². The first-order valence-corrected chi connectivity index (χ1v) is 17.8. The molecule has 0 saturated carbocycles. The van der Waals surface area contributed by atoms with Crippen LogP contribution in [0.3, 0.4) is 0 Å². The van der Waals surface area contributed by atoms with Crippen molar-refractivity contribution in [3.8, 4) is 0 Å². The highest BCUT2D eigenvalue weighted by Gasteiger charge is 2.50. The molecule has 3 aromatic carbocycles. The van der Waals surface area contributed by atoms with Crippen LogP contribution in [0.5, 0.6) is 0 Å². The lowest BCUT2D eigenvalue weighted by molar-refractivity contribution is 0.0373. The van der Waals surface area contributed by atoms with Crippen molar-refractivity contribution in [1.29, 1.82) is 0 Å². The average molecular weight is 677 g/mol. The third kappa shape index (κ3) is 7.88. The molecule has 1 N–H and O–H groups in total. The molecular weight excluding hydrogens is 638 g/mol. The van der Waals surface area contributed by atoms with Gasteiger partial charge in [-0.15, -0.1) is 0 Å². The highest BCUT2D eigenvalue weighted by molar-refractivity contribution is 9.10. The van der Waals surface area contributed by atoms with Crippen molar-refractivity contribution in [1.82, 2.24) is 4.31 Å². The number of nitrogens with zero attached hydrogens (tertiary/aromatic N) is 1. The number of rotatable bonds is 10. The van der Waals surface area contributed by atoms with Gasteiger partial charge in [-0.1, -0.05) is 97.4 Å². The number of hydrogen-bond acceptors (Lipinski definition) is 6. The van der Waals surface area contributed by atoms with Gasteiger partial charge in [0.05, 0.1) is 24.5 Å². The second kappa shape index (κ2) is 13.1. The van der Waals surface area contributed by atoms with Crippen molar-refractivity contribution in [2.45, 2.75) is 57.9 Å². The Kier molecular flexibility index (Phi) is 10.5. The Morgan fingerprint density at radius 1 is 0.881 bits per heavy atom. The van der Waals surface area contributed by atoms with E-state index in [0.717, 1.165) is 10.4 Å². The maximum atomic E-state index is 13.8. The first kappa shape index (κ1) is 33.5. The van der Waals surface area contributed by atoms with Crippen LogP contribution < -0.4 is 10.4 Å². The summed E-state index contributed by atoms with van der Waals surface area (Å²) in [4.78, 5) is 24.8. The van der Waals surface area contributed by atoms with Crippen LogP contribution >= 0.6 is 15.9 Å². The quantitative estimate of drug-likeness (QED) is 0.271. The Bertz CT molecular complexity index is 1460. The molecule has 0 radical (unpaired) electrons. The number of carbonyl (C=O) groups is 2. The number of hydrogen-bond donors (Lipinski definition) is 1. The first-order valence-electron chi connectivity index (χ1n) is 13.5. The van der Waals surface area contributed by atoms with Crippen molar-refractivity contribution in [3.63, 3.8) is 0 Å². The average Bonchev–Trinajstić information content (AvgIpc) is 2.89. The van der Waals surface area contributed by atoms with Crippen molar-refractivity contribution < 1.29 is 32.3 Å². The van der Waals surface area contributed by atoms with Crippen LogP contribution in [0.4, 0.5) is 4.79 Å². The van der Waals surface area contributed by atoms with Crippen molar-refractivity contribution in [2.75, 3.05) is 13.2 Å². The van der Waals surface area contributed by atoms with E-state index < -0.39 is 41.8 Å². The van der Waals surface area contributed by atoms with Gasteiger partial charge in [0, 0.05) is 4.47 Å². The molecule has 0 aliphatic heterocycles. The molecule has 0 fully saturated rings. The molecule has 0 aliphatic rings. The molecule has 0 atom stereocenters. The normalized spacial score (nSPS) is 12.5. The van der Waals surface area contributed by atoms with E-state index in [-0.39, 0.29) is 29.3 Å². The van der Waals surface area contributed by atoms with Crippen LogP contribution in [-0.4, -0.2) is 57.0 Å². The zero-order valence-corrected chi connectivity index (χ0v) is 28.2. The molecule has 0 aliphatic carbocycles. The van der Waals surface area contributed by atoms with Gasteiger partial charge in [0.2, 0.25) is 10.0 Å². The molecule has 0 unspecified atom stereocenters. The number of carboxylic acid groups (broad SMARTS) is 1. The lowest BCUT2D eigenvalue weighted by atomic mass is 10.1.